The van der Waals surface area contributed by atoms with Gasteiger partial charge in [0.25, 0.3) is 0 Å². The van der Waals surface area contributed by atoms with E-state index < -0.39 is 0 Å². The molecule has 0 radical (unpaired) electrons. The predicted octanol–water partition coefficient (Wildman–Crippen LogP) is -0.118. The highest BCUT2D eigenvalue weighted by Crippen LogP contribution is 1.59. The van der Waals surface area contributed by atoms with Crippen LogP contribution >= 0.6 is 12.2 Å². The molecule has 0 unspecified atom stereocenters. The van der Waals surface area contributed by atoms with Gasteiger partial charge in [-0.05, 0) is 6.54 Å². The van der Waals surface area contributed by atoms with Gasteiger partial charge in [0.15, 0.2) is 0 Å². The summed E-state index contributed by atoms with van der Waals surface area (Å²) in [4.78, 5) is 0.529. The first-order valence-electron chi connectivity index (χ1n) is 2.26. The molecule has 0 aliphatic carbocycles. The monoisotopic (exact) mass is 118 g/mol. The summed E-state index contributed by atoms with van der Waals surface area (Å²) in [5.74, 6) is 0. The van der Waals surface area contributed by atoms with Crippen LogP contribution in [0.3, 0.4) is 0 Å². The lowest BCUT2D eigenvalue weighted by Crippen LogP contribution is -2.26. The fourth-order valence-corrected chi connectivity index (χ4v) is 0.350. The fourth-order valence-electron chi connectivity index (χ4n) is 0.248. The summed E-state index contributed by atoms with van der Waals surface area (Å²) in [6.45, 7) is 3.60. The van der Waals surface area contributed by atoms with Crippen molar-refractivity contribution in [2.75, 3.05) is 13.1 Å². The molecule has 0 rings (SSSR count). The first-order valence-corrected chi connectivity index (χ1v) is 2.67. The van der Waals surface area contributed by atoms with Gasteiger partial charge in [-0.2, -0.15) is 0 Å². The fraction of sp³-hybridized carbons (Fsp3) is 0.750. The second-order valence-corrected chi connectivity index (χ2v) is 1.77. The quantitative estimate of drug-likeness (QED) is 0.507. The lowest BCUT2D eigenvalue weighted by Gasteiger charge is -1.94. The minimum atomic E-state index is 0.529. The van der Waals surface area contributed by atoms with Crippen LogP contribution in [0.25, 0.3) is 0 Å². The number of nitrogens with two attached hydrogens (primary N) is 1. The zero-order chi connectivity index (χ0) is 5.70. The SMILES string of the molecule is CCNCC(N)=S. The molecule has 0 aromatic heterocycles. The summed E-state index contributed by atoms with van der Waals surface area (Å²) >= 11 is 4.58. The van der Waals surface area contributed by atoms with Gasteiger partial charge < -0.3 is 11.1 Å². The van der Waals surface area contributed by atoms with Gasteiger partial charge in [0.2, 0.25) is 0 Å². The molecular formula is C4H10N2S. The van der Waals surface area contributed by atoms with Crippen molar-refractivity contribution in [3.63, 3.8) is 0 Å². The van der Waals surface area contributed by atoms with Crippen molar-refractivity contribution in [1.29, 1.82) is 0 Å². The van der Waals surface area contributed by atoms with Crippen LogP contribution in [0.5, 0.6) is 0 Å². The highest BCUT2D eigenvalue weighted by Gasteiger charge is 1.81. The third-order valence-corrected chi connectivity index (χ3v) is 0.694. The molecule has 0 aliphatic rings. The Hall–Kier alpha value is -0.150. The van der Waals surface area contributed by atoms with E-state index in [1.54, 1.807) is 0 Å². The van der Waals surface area contributed by atoms with E-state index in [4.69, 9.17) is 5.73 Å². The van der Waals surface area contributed by atoms with Crippen LogP contribution in [0, 0.1) is 0 Å². The normalized spacial score (nSPS) is 8.71. The maximum absolute atomic E-state index is 5.15. The van der Waals surface area contributed by atoms with Crippen LogP contribution < -0.4 is 11.1 Å². The van der Waals surface area contributed by atoms with Crippen LogP contribution in [-0.2, 0) is 0 Å². The van der Waals surface area contributed by atoms with Gasteiger partial charge in [0.05, 0.1) is 4.99 Å². The number of likely N-dealkylation sites (N-methyl/N-ethyl adjacent to an activating group) is 1. The first kappa shape index (κ1) is 6.85. The summed E-state index contributed by atoms with van der Waals surface area (Å²) in [7, 11) is 0. The third kappa shape index (κ3) is 5.85. The molecule has 7 heavy (non-hydrogen) atoms. The Bertz CT molecular complexity index is 62.7. The van der Waals surface area contributed by atoms with Gasteiger partial charge in [-0.15, -0.1) is 0 Å². The van der Waals surface area contributed by atoms with Crippen LogP contribution in [0.1, 0.15) is 6.92 Å². The van der Waals surface area contributed by atoms with Crippen molar-refractivity contribution in [3.8, 4) is 0 Å². The molecule has 0 saturated carbocycles. The van der Waals surface area contributed by atoms with E-state index in [1.807, 2.05) is 6.92 Å². The smallest absolute Gasteiger partial charge is 0.0867 e. The van der Waals surface area contributed by atoms with Crippen molar-refractivity contribution >= 4 is 17.2 Å². The molecule has 0 atom stereocenters. The van der Waals surface area contributed by atoms with Crippen molar-refractivity contribution in [1.82, 2.24) is 5.32 Å². The molecule has 2 nitrogen and oxygen atoms in total. The van der Waals surface area contributed by atoms with Gasteiger partial charge in [0, 0.05) is 6.54 Å². The van der Waals surface area contributed by atoms with E-state index in [1.165, 1.54) is 0 Å². The molecule has 42 valence electrons. The van der Waals surface area contributed by atoms with Crippen LogP contribution in [0.2, 0.25) is 0 Å². The number of hydrogen-bond donors (Lipinski definition) is 2. The van der Waals surface area contributed by atoms with E-state index in [9.17, 15) is 0 Å². The number of rotatable bonds is 3. The summed E-state index contributed by atoms with van der Waals surface area (Å²) in [5, 5.41) is 2.98. The first-order chi connectivity index (χ1) is 3.27. The van der Waals surface area contributed by atoms with Crippen LogP contribution in [0.15, 0.2) is 0 Å². The Kier molecular flexibility index (Phi) is 3.93. The Morgan fingerprint density at radius 2 is 2.43 bits per heavy atom. The minimum Gasteiger partial charge on any atom is -0.392 e. The molecule has 3 N–H and O–H groups in total. The van der Waals surface area contributed by atoms with Crippen LogP contribution in [0.4, 0.5) is 0 Å². The zero-order valence-electron chi connectivity index (χ0n) is 4.40. The van der Waals surface area contributed by atoms with Gasteiger partial charge in [0.1, 0.15) is 0 Å². The van der Waals surface area contributed by atoms with E-state index in [0.717, 1.165) is 6.54 Å². The molecule has 0 saturated heterocycles. The molecule has 0 spiro atoms. The van der Waals surface area contributed by atoms with Crippen molar-refractivity contribution in [2.45, 2.75) is 6.92 Å². The highest BCUT2D eigenvalue weighted by molar-refractivity contribution is 7.80. The standard InChI is InChI=1S/C4H10N2S/c1-2-6-3-4(5)7/h6H,2-3H2,1H3,(H2,5,7). The molecule has 0 aromatic rings. The van der Waals surface area contributed by atoms with Gasteiger partial charge in [-0.3, -0.25) is 0 Å². The Balaban J connectivity index is 2.82. The average molecular weight is 118 g/mol. The number of hydrogen-bond acceptors (Lipinski definition) is 2. The Morgan fingerprint density at radius 1 is 1.86 bits per heavy atom. The van der Waals surface area contributed by atoms with Crippen molar-refractivity contribution in [3.05, 3.63) is 0 Å². The largest absolute Gasteiger partial charge is 0.392 e. The lowest BCUT2D eigenvalue weighted by atomic mass is 10.6. The molecule has 0 fully saturated rings. The predicted molar refractivity (Wildman–Crippen MR) is 35.3 cm³/mol. The van der Waals surface area contributed by atoms with E-state index in [2.05, 4.69) is 17.5 Å². The lowest BCUT2D eigenvalue weighted by molar-refractivity contribution is 0.819. The van der Waals surface area contributed by atoms with E-state index in [0.29, 0.717) is 11.5 Å². The molecule has 0 bridgehead atoms. The molecule has 0 amide bonds. The average Bonchev–Trinajstić information content (AvgIpc) is 1.61. The number of nitrogens with one attached hydrogen (secondary N) is 1. The van der Waals surface area contributed by atoms with E-state index >= 15 is 0 Å². The maximum Gasteiger partial charge on any atom is 0.0867 e. The minimum absolute atomic E-state index is 0.529. The molecular weight excluding hydrogens is 108 g/mol. The Labute approximate surface area is 49.1 Å². The maximum atomic E-state index is 5.15. The van der Waals surface area contributed by atoms with Crippen molar-refractivity contribution < 1.29 is 0 Å². The molecule has 3 heteroatoms. The van der Waals surface area contributed by atoms with Crippen molar-refractivity contribution in [2.24, 2.45) is 5.73 Å². The van der Waals surface area contributed by atoms with Gasteiger partial charge in [-0.1, -0.05) is 19.1 Å². The molecule has 0 aromatic carbocycles. The van der Waals surface area contributed by atoms with E-state index in [-0.39, 0.29) is 0 Å². The Morgan fingerprint density at radius 3 is 2.57 bits per heavy atom. The third-order valence-electron chi connectivity index (χ3n) is 0.549. The summed E-state index contributed by atoms with van der Waals surface area (Å²) in [6.07, 6.45) is 0. The zero-order valence-corrected chi connectivity index (χ0v) is 5.22. The van der Waals surface area contributed by atoms with Gasteiger partial charge in [-0.25, -0.2) is 0 Å². The highest BCUT2D eigenvalue weighted by atomic mass is 32.1. The number of thiocarbonyl (C=S) groups is 1. The summed E-state index contributed by atoms with van der Waals surface area (Å²) in [5.41, 5.74) is 5.15. The topological polar surface area (TPSA) is 38.0 Å². The second-order valence-electron chi connectivity index (χ2n) is 1.25. The summed E-state index contributed by atoms with van der Waals surface area (Å²) in [6, 6.07) is 0. The van der Waals surface area contributed by atoms with Crippen LogP contribution in [-0.4, -0.2) is 18.1 Å². The molecule has 0 aliphatic heterocycles. The molecule has 0 heterocycles. The summed E-state index contributed by atoms with van der Waals surface area (Å²) < 4.78 is 0. The second kappa shape index (κ2) is 4.02. The van der Waals surface area contributed by atoms with Gasteiger partial charge >= 0.3 is 0 Å².